The summed E-state index contributed by atoms with van der Waals surface area (Å²) >= 11 is 5.73. The van der Waals surface area contributed by atoms with Gasteiger partial charge in [-0.15, -0.1) is 0 Å². The van der Waals surface area contributed by atoms with Crippen molar-refractivity contribution in [1.29, 1.82) is 0 Å². The van der Waals surface area contributed by atoms with Gasteiger partial charge >= 0.3 is 0 Å². The number of hydrogen-bond acceptors (Lipinski definition) is 3. The molecule has 1 aromatic carbocycles. The molecule has 0 atom stereocenters. The summed E-state index contributed by atoms with van der Waals surface area (Å²) in [5, 5.41) is 1.56. The lowest BCUT2D eigenvalue weighted by molar-refractivity contribution is 0.306. The van der Waals surface area contributed by atoms with Crippen molar-refractivity contribution in [1.82, 2.24) is 9.97 Å². The molecule has 0 unspecified atom stereocenters. The molecule has 3 aromatic rings. The molecule has 0 aliphatic rings. The molecule has 0 saturated carbocycles. The van der Waals surface area contributed by atoms with E-state index in [1.165, 1.54) is 0 Å². The molecule has 0 fully saturated rings. The summed E-state index contributed by atoms with van der Waals surface area (Å²) in [7, 11) is 0. The van der Waals surface area contributed by atoms with E-state index in [1.54, 1.807) is 24.5 Å². The van der Waals surface area contributed by atoms with Crippen molar-refractivity contribution >= 4 is 22.5 Å². The smallest absolute Gasteiger partial charge is 0.138 e. The first-order valence-corrected chi connectivity index (χ1v) is 6.28. The highest BCUT2D eigenvalue weighted by molar-refractivity contribution is 6.29. The van der Waals surface area contributed by atoms with Gasteiger partial charge in [0.2, 0.25) is 0 Å². The number of benzene rings is 1. The van der Waals surface area contributed by atoms with E-state index >= 15 is 0 Å². The lowest BCUT2D eigenvalue weighted by Crippen LogP contribution is -1.97. The van der Waals surface area contributed by atoms with Crippen LogP contribution >= 0.6 is 11.6 Å². The molecule has 0 aliphatic carbocycles. The Hall–Kier alpha value is -2.13. The van der Waals surface area contributed by atoms with E-state index in [4.69, 9.17) is 16.3 Å². The lowest BCUT2D eigenvalue weighted by Gasteiger charge is -2.08. The van der Waals surface area contributed by atoms with Crippen LogP contribution in [0.2, 0.25) is 5.15 Å². The average molecular weight is 271 g/mol. The van der Waals surface area contributed by atoms with Gasteiger partial charge in [-0.2, -0.15) is 0 Å². The predicted molar refractivity (Wildman–Crippen MR) is 75.3 cm³/mol. The van der Waals surface area contributed by atoms with Crippen LogP contribution in [0.25, 0.3) is 10.9 Å². The Morgan fingerprint density at radius 2 is 1.89 bits per heavy atom. The molecule has 2 heterocycles. The van der Waals surface area contributed by atoms with Crippen LogP contribution in [0, 0.1) is 0 Å². The van der Waals surface area contributed by atoms with Gasteiger partial charge in [-0.3, -0.25) is 4.98 Å². The van der Waals surface area contributed by atoms with Gasteiger partial charge in [0.1, 0.15) is 17.5 Å². The van der Waals surface area contributed by atoms with Gasteiger partial charge in [-0.25, -0.2) is 4.98 Å². The molecule has 94 valence electrons. The van der Waals surface area contributed by atoms with Crippen molar-refractivity contribution < 1.29 is 4.74 Å². The first kappa shape index (κ1) is 11.9. The molecular formula is C15H11ClN2O. The molecule has 3 rings (SSSR count). The summed E-state index contributed by atoms with van der Waals surface area (Å²) < 4.78 is 5.71. The van der Waals surface area contributed by atoms with Crippen molar-refractivity contribution in [2.75, 3.05) is 0 Å². The number of pyridine rings is 2. The standard InChI is InChI=1S/C15H11ClN2O/c16-15-6-5-12(9-18-15)19-10-11-7-8-17-14-4-2-1-3-13(11)14/h1-9H,10H2. The molecule has 4 heteroatoms. The van der Waals surface area contributed by atoms with E-state index in [0.29, 0.717) is 17.5 Å². The van der Waals surface area contributed by atoms with Crippen LogP contribution in [0.5, 0.6) is 5.75 Å². The van der Waals surface area contributed by atoms with E-state index in [9.17, 15) is 0 Å². The van der Waals surface area contributed by atoms with Crippen molar-refractivity contribution in [3.05, 3.63) is 65.6 Å². The maximum Gasteiger partial charge on any atom is 0.138 e. The van der Waals surface area contributed by atoms with E-state index in [0.717, 1.165) is 16.5 Å². The highest BCUT2D eigenvalue weighted by Gasteiger charge is 2.02. The maximum absolute atomic E-state index is 5.73. The maximum atomic E-state index is 5.73. The summed E-state index contributed by atoms with van der Waals surface area (Å²) in [6, 6.07) is 13.5. The van der Waals surface area contributed by atoms with Crippen LogP contribution in [0.3, 0.4) is 0 Å². The third-order valence-corrected chi connectivity index (χ3v) is 3.06. The Morgan fingerprint density at radius 3 is 2.74 bits per heavy atom. The first-order chi connectivity index (χ1) is 9.33. The number of hydrogen-bond donors (Lipinski definition) is 0. The normalized spacial score (nSPS) is 10.6. The van der Waals surface area contributed by atoms with Crippen LogP contribution in [0.15, 0.2) is 54.9 Å². The zero-order valence-electron chi connectivity index (χ0n) is 10.1. The predicted octanol–water partition coefficient (Wildman–Crippen LogP) is 3.86. The second kappa shape index (κ2) is 5.24. The number of halogens is 1. The van der Waals surface area contributed by atoms with Gasteiger partial charge < -0.3 is 4.74 Å². The Kier molecular flexibility index (Phi) is 3.29. The van der Waals surface area contributed by atoms with Gasteiger partial charge in [0.15, 0.2) is 0 Å². The van der Waals surface area contributed by atoms with Crippen molar-refractivity contribution in [2.45, 2.75) is 6.61 Å². The van der Waals surface area contributed by atoms with Gasteiger partial charge in [-0.1, -0.05) is 29.8 Å². The fourth-order valence-electron chi connectivity index (χ4n) is 1.89. The highest BCUT2D eigenvalue weighted by atomic mass is 35.5. The largest absolute Gasteiger partial charge is 0.487 e. The fourth-order valence-corrected chi connectivity index (χ4v) is 2.00. The zero-order valence-corrected chi connectivity index (χ0v) is 10.8. The highest BCUT2D eigenvalue weighted by Crippen LogP contribution is 2.19. The number of fused-ring (bicyclic) bond motifs is 1. The molecule has 0 bridgehead atoms. The minimum atomic E-state index is 0.460. The van der Waals surface area contributed by atoms with Crippen molar-refractivity contribution in [3.8, 4) is 5.75 Å². The first-order valence-electron chi connectivity index (χ1n) is 5.90. The zero-order chi connectivity index (χ0) is 13.1. The quantitative estimate of drug-likeness (QED) is 0.678. The van der Waals surface area contributed by atoms with Gasteiger partial charge in [-0.05, 0) is 24.3 Å². The Labute approximate surface area is 115 Å². The topological polar surface area (TPSA) is 35.0 Å². The average Bonchev–Trinajstić information content (AvgIpc) is 2.47. The van der Waals surface area contributed by atoms with E-state index in [1.807, 2.05) is 30.3 Å². The molecule has 0 amide bonds. The third kappa shape index (κ3) is 2.66. The SMILES string of the molecule is Clc1ccc(OCc2ccnc3ccccc23)cn1. The minimum absolute atomic E-state index is 0.460. The van der Waals surface area contributed by atoms with E-state index in [2.05, 4.69) is 9.97 Å². The van der Waals surface area contributed by atoms with E-state index < -0.39 is 0 Å². The van der Waals surface area contributed by atoms with Crippen molar-refractivity contribution in [2.24, 2.45) is 0 Å². The van der Waals surface area contributed by atoms with Crippen molar-refractivity contribution in [3.63, 3.8) is 0 Å². The van der Waals surface area contributed by atoms with Gasteiger partial charge in [0.05, 0.1) is 11.7 Å². The number of ether oxygens (including phenoxy) is 1. The second-order valence-corrected chi connectivity index (χ2v) is 4.48. The van der Waals surface area contributed by atoms with Gasteiger partial charge in [0, 0.05) is 17.1 Å². The van der Waals surface area contributed by atoms with Gasteiger partial charge in [0.25, 0.3) is 0 Å². The van der Waals surface area contributed by atoms with Crippen LogP contribution in [-0.4, -0.2) is 9.97 Å². The van der Waals surface area contributed by atoms with Crippen LogP contribution in [-0.2, 0) is 6.61 Å². The van der Waals surface area contributed by atoms with E-state index in [-0.39, 0.29) is 0 Å². The summed E-state index contributed by atoms with van der Waals surface area (Å²) in [6.07, 6.45) is 3.41. The molecule has 0 saturated heterocycles. The molecular weight excluding hydrogens is 260 g/mol. The van der Waals surface area contributed by atoms with Crippen LogP contribution in [0.4, 0.5) is 0 Å². The van der Waals surface area contributed by atoms with Crippen LogP contribution in [0.1, 0.15) is 5.56 Å². The Balaban J connectivity index is 1.84. The summed E-state index contributed by atoms with van der Waals surface area (Å²) in [5.74, 6) is 0.699. The summed E-state index contributed by atoms with van der Waals surface area (Å²) in [6.45, 7) is 0.479. The molecule has 0 radical (unpaired) electrons. The Bertz CT molecular complexity index is 693. The second-order valence-electron chi connectivity index (χ2n) is 4.09. The summed E-state index contributed by atoms with van der Waals surface area (Å²) in [5.41, 5.74) is 2.07. The number of rotatable bonds is 3. The lowest BCUT2D eigenvalue weighted by atomic mass is 10.1. The number of nitrogens with zero attached hydrogens (tertiary/aromatic N) is 2. The fraction of sp³-hybridized carbons (Fsp3) is 0.0667. The third-order valence-electron chi connectivity index (χ3n) is 2.83. The molecule has 2 aromatic heterocycles. The number of aromatic nitrogens is 2. The molecule has 0 aliphatic heterocycles. The Morgan fingerprint density at radius 1 is 1.00 bits per heavy atom. The minimum Gasteiger partial charge on any atom is -0.487 e. The monoisotopic (exact) mass is 270 g/mol. The molecule has 19 heavy (non-hydrogen) atoms. The van der Waals surface area contributed by atoms with Crippen LogP contribution < -0.4 is 4.74 Å². The summed E-state index contributed by atoms with van der Waals surface area (Å²) in [4.78, 5) is 8.30. The number of para-hydroxylation sites is 1. The molecule has 0 spiro atoms. The molecule has 0 N–H and O–H groups in total. The molecule has 3 nitrogen and oxygen atoms in total.